The molecule has 4 nitrogen and oxygen atoms in total. The number of methoxy groups -OCH3 is 1. The lowest BCUT2D eigenvalue weighted by Crippen LogP contribution is -2.31. The van der Waals surface area contributed by atoms with Gasteiger partial charge in [-0.2, -0.15) is 0 Å². The third-order valence-electron chi connectivity index (χ3n) is 3.30. The summed E-state index contributed by atoms with van der Waals surface area (Å²) >= 11 is 0. The van der Waals surface area contributed by atoms with Gasteiger partial charge in [-0.25, -0.2) is 0 Å². The predicted octanol–water partition coefficient (Wildman–Crippen LogP) is 1.84. The molecular formula is C15H23N3O. The number of likely N-dealkylation sites (N-methyl/N-ethyl adjacent to an activating group) is 1. The number of benzene rings is 1. The van der Waals surface area contributed by atoms with Crippen LogP contribution in [0.2, 0.25) is 0 Å². The Hall–Kier alpha value is -1.36. The van der Waals surface area contributed by atoms with Gasteiger partial charge in [0, 0.05) is 45.0 Å². The van der Waals surface area contributed by atoms with Crippen molar-refractivity contribution in [2.45, 2.75) is 6.54 Å². The summed E-state index contributed by atoms with van der Waals surface area (Å²) in [5.74, 6) is 0. The van der Waals surface area contributed by atoms with Crippen LogP contribution < -0.4 is 5.32 Å². The first-order valence-corrected chi connectivity index (χ1v) is 6.74. The molecule has 0 saturated carbocycles. The van der Waals surface area contributed by atoms with Crippen LogP contribution in [0.5, 0.6) is 0 Å². The van der Waals surface area contributed by atoms with Crippen molar-refractivity contribution in [1.82, 2.24) is 15.2 Å². The van der Waals surface area contributed by atoms with Crippen LogP contribution >= 0.6 is 0 Å². The molecule has 1 aromatic heterocycles. The maximum absolute atomic E-state index is 5.06. The Morgan fingerprint density at radius 2 is 2.16 bits per heavy atom. The Morgan fingerprint density at radius 3 is 3.00 bits per heavy atom. The molecule has 0 aliphatic heterocycles. The van der Waals surface area contributed by atoms with E-state index < -0.39 is 0 Å². The van der Waals surface area contributed by atoms with Gasteiger partial charge in [0.15, 0.2) is 0 Å². The van der Waals surface area contributed by atoms with Gasteiger partial charge >= 0.3 is 0 Å². The summed E-state index contributed by atoms with van der Waals surface area (Å²) in [6, 6.07) is 8.64. The van der Waals surface area contributed by atoms with Gasteiger partial charge in [-0.15, -0.1) is 0 Å². The molecule has 0 aliphatic carbocycles. The Bertz CT molecular complexity index is 495. The second-order valence-electron chi connectivity index (χ2n) is 4.87. The highest BCUT2D eigenvalue weighted by atomic mass is 16.5. The lowest BCUT2D eigenvalue weighted by atomic mass is 10.1. The van der Waals surface area contributed by atoms with Crippen molar-refractivity contribution in [1.29, 1.82) is 0 Å². The van der Waals surface area contributed by atoms with Crippen LogP contribution in [0.4, 0.5) is 0 Å². The highest BCUT2D eigenvalue weighted by molar-refractivity contribution is 5.79. The molecule has 0 fully saturated rings. The lowest BCUT2D eigenvalue weighted by molar-refractivity contribution is 0.161. The first kappa shape index (κ1) is 14.1. The van der Waals surface area contributed by atoms with Crippen LogP contribution in [0.1, 0.15) is 5.56 Å². The summed E-state index contributed by atoms with van der Waals surface area (Å²) in [6.07, 6.45) is 1.98. The first-order valence-electron chi connectivity index (χ1n) is 6.74. The van der Waals surface area contributed by atoms with E-state index in [9.17, 15) is 0 Å². The van der Waals surface area contributed by atoms with Crippen LogP contribution in [0.3, 0.4) is 0 Å². The second kappa shape index (κ2) is 7.28. The maximum Gasteiger partial charge on any atom is 0.0589 e. The van der Waals surface area contributed by atoms with E-state index in [-0.39, 0.29) is 0 Å². The van der Waals surface area contributed by atoms with E-state index in [2.05, 4.69) is 46.5 Å². The van der Waals surface area contributed by atoms with Crippen molar-refractivity contribution in [3.63, 3.8) is 0 Å². The fourth-order valence-electron chi connectivity index (χ4n) is 2.07. The van der Waals surface area contributed by atoms with Gasteiger partial charge in [-0.1, -0.05) is 12.1 Å². The molecule has 0 atom stereocenters. The molecule has 4 heteroatoms. The average Bonchev–Trinajstić information content (AvgIpc) is 2.88. The number of hydrogen-bond donors (Lipinski definition) is 2. The zero-order valence-corrected chi connectivity index (χ0v) is 11.8. The predicted molar refractivity (Wildman–Crippen MR) is 79.4 cm³/mol. The molecular weight excluding hydrogens is 238 g/mol. The van der Waals surface area contributed by atoms with Crippen molar-refractivity contribution < 1.29 is 4.74 Å². The van der Waals surface area contributed by atoms with E-state index in [4.69, 9.17) is 4.74 Å². The molecule has 2 aromatic rings. The van der Waals surface area contributed by atoms with Crippen LogP contribution in [-0.4, -0.2) is 50.3 Å². The van der Waals surface area contributed by atoms with Gasteiger partial charge in [-0.05, 0) is 30.1 Å². The van der Waals surface area contributed by atoms with Gasteiger partial charge in [0.2, 0.25) is 0 Å². The highest BCUT2D eigenvalue weighted by Gasteiger charge is 1.99. The fraction of sp³-hybridized carbons (Fsp3) is 0.467. The number of rotatable bonds is 8. The number of ether oxygens (including phenoxy) is 1. The summed E-state index contributed by atoms with van der Waals surface area (Å²) < 4.78 is 5.06. The molecule has 0 radical (unpaired) electrons. The van der Waals surface area contributed by atoms with Crippen LogP contribution in [0, 0.1) is 0 Å². The standard InChI is InChI=1S/C15H23N3O/c1-18(9-10-19-2)8-7-16-12-13-3-4-14-5-6-17-15(14)11-13/h3-6,11,16-17H,7-10,12H2,1-2H3. The van der Waals surface area contributed by atoms with Gasteiger partial charge in [-0.3, -0.25) is 0 Å². The number of nitrogens with one attached hydrogen (secondary N) is 2. The van der Waals surface area contributed by atoms with E-state index >= 15 is 0 Å². The van der Waals surface area contributed by atoms with E-state index in [1.807, 2.05) is 6.20 Å². The number of nitrogens with zero attached hydrogens (tertiary/aromatic N) is 1. The third-order valence-corrected chi connectivity index (χ3v) is 3.30. The van der Waals surface area contributed by atoms with Gasteiger partial charge < -0.3 is 19.9 Å². The topological polar surface area (TPSA) is 40.3 Å². The van der Waals surface area contributed by atoms with Gasteiger partial charge in [0.25, 0.3) is 0 Å². The third kappa shape index (κ3) is 4.35. The number of H-pyrrole nitrogens is 1. The zero-order chi connectivity index (χ0) is 13.5. The maximum atomic E-state index is 5.06. The molecule has 0 spiro atoms. The van der Waals surface area contributed by atoms with Crippen LogP contribution in [0.25, 0.3) is 10.9 Å². The molecule has 0 bridgehead atoms. The largest absolute Gasteiger partial charge is 0.383 e. The van der Waals surface area contributed by atoms with Crippen molar-refractivity contribution in [3.05, 3.63) is 36.0 Å². The van der Waals surface area contributed by atoms with Crippen LogP contribution in [0.15, 0.2) is 30.5 Å². The van der Waals surface area contributed by atoms with E-state index in [0.29, 0.717) is 0 Å². The molecule has 0 unspecified atom stereocenters. The first-order chi connectivity index (χ1) is 9.29. The Balaban J connectivity index is 1.70. The van der Waals surface area contributed by atoms with Crippen molar-refractivity contribution >= 4 is 10.9 Å². The van der Waals surface area contributed by atoms with Crippen molar-refractivity contribution in [2.75, 3.05) is 40.4 Å². The SMILES string of the molecule is COCCN(C)CCNCc1ccc2cc[nH]c2c1. The Morgan fingerprint density at radius 1 is 1.26 bits per heavy atom. The molecule has 0 amide bonds. The highest BCUT2D eigenvalue weighted by Crippen LogP contribution is 2.13. The Labute approximate surface area is 114 Å². The molecule has 1 heterocycles. The minimum absolute atomic E-state index is 0.792. The molecule has 104 valence electrons. The number of aromatic amines is 1. The summed E-state index contributed by atoms with van der Waals surface area (Å²) in [6.45, 7) is 4.71. The number of aromatic nitrogens is 1. The zero-order valence-electron chi connectivity index (χ0n) is 11.8. The smallest absolute Gasteiger partial charge is 0.0589 e. The normalized spacial score (nSPS) is 11.5. The fourth-order valence-corrected chi connectivity index (χ4v) is 2.07. The number of hydrogen-bond acceptors (Lipinski definition) is 3. The van der Waals surface area contributed by atoms with E-state index in [1.165, 1.54) is 16.5 Å². The van der Waals surface area contributed by atoms with Crippen molar-refractivity contribution in [3.8, 4) is 0 Å². The van der Waals surface area contributed by atoms with Crippen molar-refractivity contribution in [2.24, 2.45) is 0 Å². The molecule has 1 aromatic carbocycles. The minimum Gasteiger partial charge on any atom is -0.383 e. The van der Waals surface area contributed by atoms with Crippen LogP contribution in [-0.2, 0) is 11.3 Å². The molecule has 0 aliphatic rings. The number of fused-ring (bicyclic) bond motifs is 1. The second-order valence-corrected chi connectivity index (χ2v) is 4.87. The summed E-state index contributed by atoms with van der Waals surface area (Å²) in [5.41, 5.74) is 2.52. The van der Waals surface area contributed by atoms with Gasteiger partial charge in [0.1, 0.15) is 0 Å². The quantitative estimate of drug-likeness (QED) is 0.712. The Kier molecular flexibility index (Phi) is 5.39. The lowest BCUT2D eigenvalue weighted by Gasteiger charge is -2.16. The molecule has 2 rings (SSSR count). The van der Waals surface area contributed by atoms with E-state index in [0.717, 1.165) is 32.8 Å². The minimum atomic E-state index is 0.792. The average molecular weight is 261 g/mol. The monoisotopic (exact) mass is 261 g/mol. The summed E-state index contributed by atoms with van der Waals surface area (Å²) in [7, 11) is 3.86. The molecule has 0 saturated heterocycles. The molecule has 2 N–H and O–H groups in total. The van der Waals surface area contributed by atoms with Gasteiger partial charge in [0.05, 0.1) is 6.61 Å². The summed E-state index contributed by atoms with van der Waals surface area (Å²) in [5, 5.41) is 4.74. The van der Waals surface area contributed by atoms with E-state index in [1.54, 1.807) is 7.11 Å². The molecule has 19 heavy (non-hydrogen) atoms. The summed E-state index contributed by atoms with van der Waals surface area (Å²) in [4.78, 5) is 5.51.